The van der Waals surface area contributed by atoms with Crippen LogP contribution in [-0.4, -0.2) is 308 Å². The number of hydrogen-bond donors (Lipinski definition) is 4. The first kappa shape index (κ1) is 104. The molecule has 15 heteroatoms. The van der Waals surface area contributed by atoms with Crippen molar-refractivity contribution in [2.24, 2.45) is 52.6 Å². The first-order valence-electron chi connectivity index (χ1n) is 45.6. The summed E-state index contributed by atoms with van der Waals surface area (Å²) in [5, 5.41) is 10.7. The smallest absolute Gasteiger partial charge is 0.0283 e. The van der Waals surface area contributed by atoms with Gasteiger partial charge in [-0.15, -0.1) is 0 Å². The number of piperidine rings is 2. The number of likely N-dealkylation sites (N-methyl/N-ethyl adjacent to an activating group) is 2. The van der Waals surface area contributed by atoms with E-state index < -0.39 is 0 Å². The Labute approximate surface area is 672 Å². The van der Waals surface area contributed by atoms with Crippen molar-refractivity contribution in [3.8, 4) is 0 Å². The third-order valence-corrected chi connectivity index (χ3v) is 24.9. The fourth-order valence-corrected chi connectivity index (χ4v) is 18.6. The average Bonchev–Trinajstić information content (AvgIpc) is 1.77. The summed E-state index contributed by atoms with van der Waals surface area (Å²) in [5.74, 6) is 5.71. The lowest BCUT2D eigenvalue weighted by atomic mass is 9.81. The molecule has 0 spiro atoms. The Morgan fingerprint density at radius 2 is 0.710 bits per heavy atom. The fraction of sp³-hybridized carbons (Fsp3) is 1.00. The van der Waals surface area contributed by atoms with E-state index in [1.807, 2.05) is 0 Å². The Bertz CT molecular complexity index is 2080. The molecular formula is C92H199N15. The van der Waals surface area contributed by atoms with Gasteiger partial charge in [0.15, 0.2) is 0 Å². The van der Waals surface area contributed by atoms with Crippen molar-refractivity contribution in [2.75, 3.05) is 145 Å². The second kappa shape index (κ2) is 52.9. The van der Waals surface area contributed by atoms with Crippen LogP contribution in [0.1, 0.15) is 300 Å². The van der Waals surface area contributed by atoms with Crippen LogP contribution in [0.15, 0.2) is 0 Å². The van der Waals surface area contributed by atoms with Crippen molar-refractivity contribution in [3.05, 3.63) is 0 Å². The van der Waals surface area contributed by atoms with Gasteiger partial charge in [-0.3, -0.25) is 44.1 Å². The molecule has 8 fully saturated rings. The molecule has 8 aliphatic rings. The standard InChI is InChI=1S/C13H28N2.2C12H26N2.C12H25N.3C11H24N2.C10H22N2/c1-10(2)7-12-8-15(11(3)4)9-13(12)14(5)6;1-9(2)6-11-7-14(10(3)4)8-12(11)13-5;1-10(2)13-7-8-14(11(3)4)12(5,6)9-13;1-10(2)8-12(5)6-7-13(9-12)11(3)4;1-8(2)5-10-6-13(9(3)4)7-11(10)12;2*1-9(2)12-11-6-5-7-13(8-11)10(3)4;1-9(2)11-5-7-12(8-6-11)10(3)4/h10-13H,7-9H2,1-6H3;9-13H,6-8H2,1-5H3;10-11H,7-9H2,1-6H3;10-11H,6-9H2,1-5H3;8-11H,5-7,12H2,1-4H3;2*9-12H,5-8H2,1-4H3;9-10H,5-8H2,1-4H3. The number of hydrogen-bond acceptors (Lipinski definition) is 15. The minimum absolute atomic E-state index is 0.330. The molecule has 5 N–H and O–H groups in total. The number of nitrogens with two attached hydrogens (primary N) is 1. The van der Waals surface area contributed by atoms with Crippen LogP contribution >= 0.6 is 0 Å². The van der Waals surface area contributed by atoms with Crippen molar-refractivity contribution in [3.63, 3.8) is 0 Å². The molecule has 15 nitrogen and oxygen atoms in total. The second-order valence-corrected chi connectivity index (χ2v) is 41.5. The highest BCUT2D eigenvalue weighted by atomic mass is 15.3. The third kappa shape index (κ3) is 42.2. The highest BCUT2D eigenvalue weighted by molar-refractivity contribution is 4.95. The Morgan fingerprint density at radius 3 is 1.05 bits per heavy atom. The normalized spacial score (nSPS) is 27.4. The molecular weight excluding hydrogens is 1320 g/mol. The van der Waals surface area contributed by atoms with Crippen molar-refractivity contribution < 1.29 is 0 Å². The van der Waals surface area contributed by atoms with Gasteiger partial charge in [0, 0.05) is 213 Å². The summed E-state index contributed by atoms with van der Waals surface area (Å²) in [6, 6.07) is 11.5. The summed E-state index contributed by atoms with van der Waals surface area (Å²) < 4.78 is 0. The Morgan fingerprint density at radius 1 is 0.355 bits per heavy atom. The van der Waals surface area contributed by atoms with Crippen LogP contribution in [0, 0.1) is 46.8 Å². The Hall–Kier alpha value is -0.600. The van der Waals surface area contributed by atoms with E-state index in [-0.39, 0.29) is 0 Å². The minimum atomic E-state index is 0.330. The lowest BCUT2D eigenvalue weighted by Gasteiger charge is -2.50. The number of rotatable bonds is 24. The zero-order chi connectivity index (χ0) is 82.1. The van der Waals surface area contributed by atoms with Crippen molar-refractivity contribution in [1.29, 1.82) is 0 Å². The number of nitrogens with one attached hydrogen (secondary N) is 3. The highest BCUT2D eigenvalue weighted by Gasteiger charge is 2.39. The number of nitrogens with zero attached hydrogens (tertiary/aromatic N) is 11. The van der Waals surface area contributed by atoms with Gasteiger partial charge in [0.1, 0.15) is 0 Å². The first-order valence-corrected chi connectivity index (χ1v) is 45.6. The summed E-state index contributed by atoms with van der Waals surface area (Å²) in [6.45, 7) is 104. The molecule has 9 atom stereocenters. The molecule has 107 heavy (non-hydrogen) atoms. The Kier molecular flexibility index (Phi) is 51.6. The predicted octanol–water partition coefficient (Wildman–Crippen LogP) is 16.5. The van der Waals surface area contributed by atoms with Crippen LogP contribution in [0.4, 0.5) is 0 Å². The molecule has 0 bridgehead atoms. The zero-order valence-corrected chi connectivity index (χ0v) is 79.7. The minimum Gasteiger partial charge on any atom is -0.326 e. The second-order valence-electron chi connectivity index (χ2n) is 41.5. The maximum absolute atomic E-state index is 6.11. The summed E-state index contributed by atoms with van der Waals surface area (Å²) >= 11 is 0. The Balaban J connectivity index is 0.000000612. The van der Waals surface area contributed by atoms with Gasteiger partial charge in [0.25, 0.3) is 0 Å². The van der Waals surface area contributed by atoms with Gasteiger partial charge < -0.3 is 31.5 Å². The van der Waals surface area contributed by atoms with E-state index in [4.69, 9.17) is 5.73 Å². The zero-order valence-electron chi connectivity index (χ0n) is 79.7. The first-order chi connectivity index (χ1) is 49.5. The van der Waals surface area contributed by atoms with Crippen LogP contribution < -0.4 is 21.7 Å². The quantitative estimate of drug-likeness (QED) is 0.0738. The molecule has 0 aliphatic carbocycles. The van der Waals surface area contributed by atoms with Gasteiger partial charge >= 0.3 is 0 Å². The molecule has 9 unspecified atom stereocenters. The highest BCUT2D eigenvalue weighted by Crippen LogP contribution is 2.37. The molecule has 8 aliphatic heterocycles. The van der Waals surface area contributed by atoms with E-state index in [9.17, 15) is 0 Å². The van der Waals surface area contributed by atoms with Crippen LogP contribution in [0.2, 0.25) is 0 Å². The van der Waals surface area contributed by atoms with E-state index in [1.54, 1.807) is 0 Å². The van der Waals surface area contributed by atoms with E-state index in [2.05, 4.69) is 333 Å². The molecule has 642 valence electrons. The molecule has 0 amide bonds. The van der Waals surface area contributed by atoms with Gasteiger partial charge in [-0.2, -0.15) is 0 Å². The fourth-order valence-electron chi connectivity index (χ4n) is 18.6. The van der Waals surface area contributed by atoms with Crippen LogP contribution in [-0.2, 0) is 0 Å². The summed E-state index contributed by atoms with van der Waals surface area (Å²) in [4.78, 5) is 28.2. The van der Waals surface area contributed by atoms with E-state index >= 15 is 0 Å². The summed E-state index contributed by atoms with van der Waals surface area (Å²) in [6.07, 6.45) is 12.2. The molecule has 0 aromatic heterocycles. The number of piperazine rings is 2. The largest absolute Gasteiger partial charge is 0.326 e. The topological polar surface area (TPSA) is 97.8 Å². The van der Waals surface area contributed by atoms with Crippen LogP contribution in [0.5, 0.6) is 0 Å². The molecule has 8 heterocycles. The van der Waals surface area contributed by atoms with Crippen LogP contribution in [0.3, 0.4) is 0 Å². The van der Waals surface area contributed by atoms with E-state index in [1.165, 1.54) is 176 Å². The predicted molar refractivity (Wildman–Crippen MR) is 478 cm³/mol. The van der Waals surface area contributed by atoms with Crippen molar-refractivity contribution >= 4 is 0 Å². The lowest BCUT2D eigenvalue weighted by molar-refractivity contribution is -0.0129. The SMILES string of the molecule is CC(C)CC1(C)CCN(C(C)C)C1.CC(C)CC1CN(C(C)C)CC1N.CC(C)CC1CN(C(C)C)CC1N(C)C.CC(C)N1CCN(C(C)C)C(C)(C)C1.CC(C)N1CCN(C(C)C)CC1.CC(C)NC1CCCN(C(C)C)C1.CC(C)NC1CCCN(C(C)C)C1.CNC1CN(C(C)C)CC1CC(C)C. The van der Waals surface area contributed by atoms with Crippen molar-refractivity contribution in [2.45, 2.75) is 408 Å². The van der Waals surface area contributed by atoms with Crippen LogP contribution in [0.25, 0.3) is 0 Å². The molecule has 0 saturated carbocycles. The van der Waals surface area contributed by atoms with Gasteiger partial charge in [-0.1, -0.05) is 90.0 Å². The molecule has 0 aromatic rings. The molecule has 0 radical (unpaired) electrons. The lowest BCUT2D eigenvalue weighted by Crippen LogP contribution is -2.62. The van der Waals surface area contributed by atoms with E-state index in [0.29, 0.717) is 77.4 Å². The van der Waals surface area contributed by atoms with Gasteiger partial charge in [0.2, 0.25) is 0 Å². The van der Waals surface area contributed by atoms with Gasteiger partial charge in [0.05, 0.1) is 0 Å². The van der Waals surface area contributed by atoms with Gasteiger partial charge in [-0.05, 0) is 298 Å². The van der Waals surface area contributed by atoms with Gasteiger partial charge in [-0.25, -0.2) is 0 Å². The van der Waals surface area contributed by atoms with E-state index in [0.717, 1.165) is 84.2 Å². The maximum Gasteiger partial charge on any atom is 0.0283 e. The summed E-state index contributed by atoms with van der Waals surface area (Å²) in [7, 11) is 6.55. The van der Waals surface area contributed by atoms with Crippen molar-refractivity contribution in [1.82, 2.24) is 69.8 Å². The average molecular weight is 1520 g/mol. The summed E-state index contributed by atoms with van der Waals surface area (Å²) in [5.41, 5.74) is 7.04. The maximum atomic E-state index is 6.11. The molecule has 0 aromatic carbocycles. The number of likely N-dealkylation sites (tertiary alicyclic amines) is 6. The monoisotopic (exact) mass is 1510 g/mol. The molecule has 8 saturated heterocycles. The third-order valence-electron chi connectivity index (χ3n) is 24.9. The molecule has 8 rings (SSSR count).